The van der Waals surface area contributed by atoms with Gasteiger partial charge in [-0.3, -0.25) is 0 Å². The Morgan fingerprint density at radius 2 is 1.83 bits per heavy atom. The van der Waals surface area contributed by atoms with Gasteiger partial charge in [-0.05, 0) is 23.8 Å². The Kier molecular flexibility index (Phi) is 3.84. The topological polar surface area (TPSA) is 39.2 Å². The Balaban J connectivity index is 2.40. The summed E-state index contributed by atoms with van der Waals surface area (Å²) in [7, 11) is 1.34. The van der Waals surface area contributed by atoms with Gasteiger partial charge in [0, 0.05) is 11.8 Å². The number of esters is 1. The van der Waals surface area contributed by atoms with E-state index in [9.17, 15) is 4.79 Å². The Hall–Kier alpha value is -1.58. The summed E-state index contributed by atoms with van der Waals surface area (Å²) >= 11 is 11.9. The van der Waals surface area contributed by atoms with Crippen LogP contribution in [-0.2, 0) is 4.74 Å². The number of aromatic nitrogens is 1. The molecule has 3 nitrogen and oxygen atoms in total. The van der Waals surface area contributed by atoms with Crippen LogP contribution in [0.5, 0.6) is 0 Å². The fourth-order valence-electron chi connectivity index (χ4n) is 1.54. The Bertz CT molecular complexity index is 582. The molecule has 0 radical (unpaired) electrons. The van der Waals surface area contributed by atoms with E-state index in [0.29, 0.717) is 10.6 Å². The summed E-state index contributed by atoms with van der Waals surface area (Å²) in [6, 6.07) is 8.67. The molecule has 2 aromatic rings. The Labute approximate surface area is 114 Å². The van der Waals surface area contributed by atoms with Crippen LogP contribution < -0.4 is 0 Å². The van der Waals surface area contributed by atoms with Gasteiger partial charge in [0.15, 0.2) is 0 Å². The first-order valence-electron chi connectivity index (χ1n) is 5.12. The smallest absolute Gasteiger partial charge is 0.337 e. The van der Waals surface area contributed by atoms with E-state index >= 15 is 0 Å². The SMILES string of the molecule is COC(=O)c1ccc(-c2ccnc(Cl)c2Cl)cc1. The first kappa shape index (κ1) is 12.9. The third-order valence-corrected chi connectivity index (χ3v) is 3.23. The first-order valence-corrected chi connectivity index (χ1v) is 5.88. The molecule has 1 aromatic heterocycles. The second kappa shape index (κ2) is 5.38. The third kappa shape index (κ3) is 2.47. The van der Waals surface area contributed by atoms with Gasteiger partial charge in [0.1, 0.15) is 5.15 Å². The number of rotatable bonds is 2. The van der Waals surface area contributed by atoms with Gasteiger partial charge >= 0.3 is 5.97 Å². The Morgan fingerprint density at radius 1 is 1.17 bits per heavy atom. The third-order valence-electron chi connectivity index (χ3n) is 2.46. The summed E-state index contributed by atoms with van der Waals surface area (Å²) in [6.07, 6.45) is 1.58. The summed E-state index contributed by atoms with van der Waals surface area (Å²) in [6.45, 7) is 0. The number of ether oxygens (including phenoxy) is 1. The number of hydrogen-bond donors (Lipinski definition) is 0. The van der Waals surface area contributed by atoms with Crippen LogP contribution in [0.1, 0.15) is 10.4 Å². The molecule has 0 spiro atoms. The summed E-state index contributed by atoms with van der Waals surface area (Å²) < 4.78 is 4.63. The van der Waals surface area contributed by atoms with Crippen molar-refractivity contribution >= 4 is 29.2 Å². The lowest BCUT2D eigenvalue weighted by atomic mass is 10.1. The fraction of sp³-hybridized carbons (Fsp3) is 0.0769. The fourth-order valence-corrected chi connectivity index (χ4v) is 1.92. The van der Waals surface area contributed by atoms with E-state index < -0.39 is 0 Å². The lowest BCUT2D eigenvalue weighted by Crippen LogP contribution is -2.00. The largest absolute Gasteiger partial charge is 0.465 e. The number of hydrogen-bond acceptors (Lipinski definition) is 3. The lowest BCUT2D eigenvalue weighted by molar-refractivity contribution is 0.0601. The highest BCUT2D eigenvalue weighted by Crippen LogP contribution is 2.31. The normalized spacial score (nSPS) is 10.2. The van der Waals surface area contributed by atoms with Crippen LogP contribution in [0.15, 0.2) is 36.5 Å². The Morgan fingerprint density at radius 3 is 2.44 bits per heavy atom. The minimum Gasteiger partial charge on any atom is -0.465 e. The van der Waals surface area contributed by atoms with Crippen molar-refractivity contribution in [1.29, 1.82) is 0 Å². The van der Waals surface area contributed by atoms with Gasteiger partial charge in [0.05, 0.1) is 17.7 Å². The summed E-state index contributed by atoms with van der Waals surface area (Å²) in [5.41, 5.74) is 2.11. The van der Waals surface area contributed by atoms with E-state index in [2.05, 4.69) is 9.72 Å². The van der Waals surface area contributed by atoms with Crippen molar-refractivity contribution < 1.29 is 9.53 Å². The van der Waals surface area contributed by atoms with Crippen molar-refractivity contribution in [3.8, 4) is 11.1 Å². The highest BCUT2D eigenvalue weighted by atomic mass is 35.5. The van der Waals surface area contributed by atoms with Crippen LogP contribution in [0.25, 0.3) is 11.1 Å². The molecule has 0 N–H and O–H groups in total. The van der Waals surface area contributed by atoms with Gasteiger partial charge in [-0.1, -0.05) is 35.3 Å². The van der Waals surface area contributed by atoms with E-state index in [-0.39, 0.29) is 11.1 Å². The van der Waals surface area contributed by atoms with Crippen molar-refractivity contribution in [1.82, 2.24) is 4.98 Å². The maximum atomic E-state index is 11.3. The van der Waals surface area contributed by atoms with Gasteiger partial charge in [-0.25, -0.2) is 9.78 Å². The summed E-state index contributed by atoms with van der Waals surface area (Å²) in [5.74, 6) is -0.375. The average molecular weight is 282 g/mol. The number of halogens is 2. The molecular formula is C13H9Cl2NO2. The molecule has 0 saturated heterocycles. The number of pyridine rings is 1. The molecular weight excluding hydrogens is 273 g/mol. The molecule has 0 amide bonds. The van der Waals surface area contributed by atoms with Gasteiger partial charge in [0.2, 0.25) is 0 Å². The molecule has 0 aliphatic rings. The molecule has 0 aliphatic carbocycles. The molecule has 0 saturated carbocycles. The average Bonchev–Trinajstić information content (AvgIpc) is 2.41. The highest BCUT2D eigenvalue weighted by Gasteiger charge is 2.09. The predicted octanol–water partition coefficient (Wildman–Crippen LogP) is 3.84. The number of nitrogens with zero attached hydrogens (tertiary/aromatic N) is 1. The number of carbonyl (C=O) groups excluding carboxylic acids is 1. The first-order chi connectivity index (χ1) is 8.63. The number of carbonyl (C=O) groups is 1. The minimum absolute atomic E-state index is 0.256. The van der Waals surface area contributed by atoms with Gasteiger partial charge in [-0.2, -0.15) is 0 Å². The van der Waals surface area contributed by atoms with Crippen LogP contribution in [-0.4, -0.2) is 18.1 Å². The summed E-state index contributed by atoms with van der Waals surface area (Å²) in [4.78, 5) is 15.2. The quantitative estimate of drug-likeness (QED) is 0.620. The van der Waals surface area contributed by atoms with Crippen LogP contribution in [0.4, 0.5) is 0 Å². The monoisotopic (exact) mass is 281 g/mol. The van der Waals surface area contributed by atoms with Crippen LogP contribution in [0.3, 0.4) is 0 Å². The standard InChI is InChI=1S/C13H9Cl2NO2/c1-18-13(17)9-4-2-8(3-5-9)10-6-7-16-12(15)11(10)14/h2-7H,1H3. The zero-order valence-electron chi connectivity index (χ0n) is 9.48. The van der Waals surface area contributed by atoms with E-state index in [1.807, 2.05) is 0 Å². The van der Waals surface area contributed by atoms with Crippen LogP contribution in [0.2, 0.25) is 10.2 Å². The number of methoxy groups -OCH3 is 1. The molecule has 92 valence electrons. The van der Waals surface area contributed by atoms with Crippen molar-refractivity contribution in [2.24, 2.45) is 0 Å². The number of benzene rings is 1. The van der Waals surface area contributed by atoms with Crippen molar-refractivity contribution in [2.45, 2.75) is 0 Å². The maximum Gasteiger partial charge on any atom is 0.337 e. The molecule has 0 aliphatic heterocycles. The molecule has 1 heterocycles. The lowest BCUT2D eigenvalue weighted by Gasteiger charge is -2.06. The molecule has 0 unspecified atom stereocenters. The molecule has 2 rings (SSSR count). The molecule has 0 fully saturated rings. The van der Waals surface area contributed by atoms with E-state index in [0.717, 1.165) is 11.1 Å². The van der Waals surface area contributed by atoms with Crippen molar-refractivity contribution in [3.63, 3.8) is 0 Å². The van der Waals surface area contributed by atoms with E-state index in [1.54, 1.807) is 36.5 Å². The molecule has 18 heavy (non-hydrogen) atoms. The summed E-state index contributed by atoms with van der Waals surface area (Å²) in [5, 5.41) is 0.649. The molecule has 0 bridgehead atoms. The highest BCUT2D eigenvalue weighted by molar-refractivity contribution is 6.42. The predicted molar refractivity (Wildman–Crippen MR) is 71.0 cm³/mol. The van der Waals surface area contributed by atoms with Crippen molar-refractivity contribution in [2.75, 3.05) is 7.11 Å². The second-order valence-corrected chi connectivity index (χ2v) is 4.27. The van der Waals surface area contributed by atoms with Gasteiger partial charge < -0.3 is 4.74 Å². The van der Waals surface area contributed by atoms with Gasteiger partial charge in [0.25, 0.3) is 0 Å². The molecule has 0 atom stereocenters. The van der Waals surface area contributed by atoms with Crippen molar-refractivity contribution in [3.05, 3.63) is 52.3 Å². The van der Waals surface area contributed by atoms with E-state index in [1.165, 1.54) is 7.11 Å². The molecule has 5 heteroatoms. The van der Waals surface area contributed by atoms with E-state index in [4.69, 9.17) is 23.2 Å². The zero-order valence-corrected chi connectivity index (χ0v) is 11.0. The molecule has 1 aromatic carbocycles. The minimum atomic E-state index is -0.375. The van der Waals surface area contributed by atoms with Gasteiger partial charge in [-0.15, -0.1) is 0 Å². The van der Waals surface area contributed by atoms with Crippen LogP contribution >= 0.6 is 23.2 Å². The zero-order chi connectivity index (χ0) is 13.1. The van der Waals surface area contributed by atoms with Crippen LogP contribution in [0, 0.1) is 0 Å². The maximum absolute atomic E-state index is 11.3. The second-order valence-electron chi connectivity index (χ2n) is 3.53.